The number of esters is 1. The molecule has 0 heterocycles. The predicted octanol–water partition coefficient (Wildman–Crippen LogP) is 2.68. The highest BCUT2D eigenvalue weighted by atomic mass is 35.5. The minimum atomic E-state index is -0.895. The molecule has 0 aromatic carbocycles. The van der Waals surface area contributed by atoms with E-state index in [9.17, 15) is 4.79 Å². The highest BCUT2D eigenvalue weighted by Gasteiger charge is 2.58. The monoisotopic (exact) mass is 266 g/mol. The third-order valence-corrected chi connectivity index (χ3v) is 4.16. The van der Waals surface area contributed by atoms with E-state index in [0.717, 1.165) is 25.7 Å². The van der Waals surface area contributed by atoms with Crippen LogP contribution in [0.4, 0.5) is 0 Å². The lowest BCUT2D eigenvalue weighted by atomic mass is 9.94. The van der Waals surface area contributed by atoms with Gasteiger partial charge in [-0.25, -0.2) is 0 Å². The van der Waals surface area contributed by atoms with Gasteiger partial charge in [0.15, 0.2) is 0 Å². The Kier molecular flexibility index (Phi) is 3.67. The van der Waals surface area contributed by atoms with Crippen molar-refractivity contribution in [2.24, 2.45) is 5.92 Å². The zero-order chi connectivity index (χ0) is 11.8. The van der Waals surface area contributed by atoms with Crippen molar-refractivity contribution >= 4 is 29.2 Å². The minimum Gasteiger partial charge on any atom is -0.459 e. The van der Waals surface area contributed by atoms with Crippen LogP contribution in [-0.2, 0) is 14.3 Å². The fourth-order valence-electron chi connectivity index (χ4n) is 2.17. The minimum absolute atomic E-state index is 0.0245. The zero-order valence-corrected chi connectivity index (χ0v) is 10.8. The van der Waals surface area contributed by atoms with Gasteiger partial charge < -0.3 is 9.47 Å². The summed E-state index contributed by atoms with van der Waals surface area (Å²) in [7, 11) is 1.65. The zero-order valence-electron chi connectivity index (χ0n) is 9.25. The van der Waals surface area contributed by atoms with E-state index >= 15 is 0 Å². The van der Waals surface area contributed by atoms with Crippen LogP contribution in [0.15, 0.2) is 0 Å². The van der Waals surface area contributed by atoms with E-state index in [-0.39, 0.29) is 24.1 Å². The average Bonchev–Trinajstić information content (AvgIpc) is 2.89. The first-order valence-corrected chi connectivity index (χ1v) is 6.41. The highest BCUT2D eigenvalue weighted by molar-refractivity contribution is 6.52. The van der Waals surface area contributed by atoms with Gasteiger partial charge in [-0.2, -0.15) is 0 Å². The molecule has 0 saturated heterocycles. The van der Waals surface area contributed by atoms with Crippen molar-refractivity contribution < 1.29 is 14.3 Å². The molecule has 0 radical (unpaired) electrons. The molecular formula is C11H16Cl2O3. The Morgan fingerprint density at radius 2 is 1.81 bits per heavy atom. The first-order chi connectivity index (χ1) is 7.54. The van der Waals surface area contributed by atoms with Crippen molar-refractivity contribution in [1.29, 1.82) is 0 Å². The van der Waals surface area contributed by atoms with Gasteiger partial charge in [0.05, 0.1) is 12.0 Å². The fraction of sp³-hybridized carbons (Fsp3) is 0.909. The quantitative estimate of drug-likeness (QED) is 0.582. The Bertz CT molecular complexity index is 280. The summed E-state index contributed by atoms with van der Waals surface area (Å²) >= 11 is 11.6. The van der Waals surface area contributed by atoms with E-state index in [1.54, 1.807) is 7.11 Å². The van der Waals surface area contributed by atoms with Gasteiger partial charge >= 0.3 is 5.97 Å². The summed E-state index contributed by atoms with van der Waals surface area (Å²) in [6, 6.07) is 0. The Morgan fingerprint density at radius 3 is 2.31 bits per heavy atom. The van der Waals surface area contributed by atoms with Crippen LogP contribution in [0.3, 0.4) is 0 Å². The lowest BCUT2D eigenvalue weighted by molar-refractivity contribution is -0.160. The lowest BCUT2D eigenvalue weighted by Gasteiger charge is -2.30. The summed E-state index contributed by atoms with van der Waals surface area (Å²) in [4.78, 5) is 11.7. The molecule has 5 heteroatoms. The van der Waals surface area contributed by atoms with Crippen LogP contribution in [0.5, 0.6) is 0 Å². The molecule has 2 saturated carbocycles. The first kappa shape index (κ1) is 12.5. The second-order valence-corrected chi connectivity index (χ2v) is 6.09. The second-order valence-electron chi connectivity index (χ2n) is 4.55. The normalized spacial score (nSPS) is 36.8. The summed E-state index contributed by atoms with van der Waals surface area (Å²) in [6.07, 6.45) is 4.42. The SMILES string of the molecule is COC1CCCCC1OC(=O)C1CC1(Cl)Cl. The van der Waals surface area contributed by atoms with Crippen LogP contribution in [0.1, 0.15) is 32.1 Å². The standard InChI is InChI=1S/C11H16Cl2O3/c1-15-8-4-2-3-5-9(8)16-10(14)7-6-11(7,12)13/h7-9H,2-6H2,1H3. The van der Waals surface area contributed by atoms with Crippen molar-refractivity contribution in [3.05, 3.63) is 0 Å². The Hall–Kier alpha value is 0.01000. The molecule has 3 unspecified atom stereocenters. The Balaban J connectivity index is 1.86. The summed E-state index contributed by atoms with van der Waals surface area (Å²) in [5, 5.41) is 0. The second kappa shape index (κ2) is 4.71. The molecule has 2 aliphatic rings. The maximum atomic E-state index is 11.7. The maximum absolute atomic E-state index is 11.7. The molecule has 92 valence electrons. The molecular weight excluding hydrogens is 251 g/mol. The third-order valence-electron chi connectivity index (χ3n) is 3.32. The molecule has 0 bridgehead atoms. The molecule has 0 N–H and O–H groups in total. The van der Waals surface area contributed by atoms with Gasteiger partial charge in [-0.15, -0.1) is 23.2 Å². The van der Waals surface area contributed by atoms with E-state index < -0.39 is 4.33 Å². The highest BCUT2D eigenvalue weighted by Crippen LogP contribution is 2.53. The molecule has 16 heavy (non-hydrogen) atoms. The number of rotatable bonds is 3. The van der Waals surface area contributed by atoms with Gasteiger partial charge in [0.2, 0.25) is 0 Å². The topological polar surface area (TPSA) is 35.5 Å². The molecule has 0 aromatic rings. The first-order valence-electron chi connectivity index (χ1n) is 5.65. The molecule has 0 spiro atoms. The van der Waals surface area contributed by atoms with E-state index in [0.29, 0.717) is 6.42 Å². The predicted molar refractivity (Wildman–Crippen MR) is 61.7 cm³/mol. The van der Waals surface area contributed by atoms with Crippen LogP contribution in [0, 0.1) is 5.92 Å². The van der Waals surface area contributed by atoms with E-state index in [1.807, 2.05) is 0 Å². The summed E-state index contributed by atoms with van der Waals surface area (Å²) < 4.78 is 9.84. The van der Waals surface area contributed by atoms with Crippen LogP contribution < -0.4 is 0 Å². The van der Waals surface area contributed by atoms with E-state index in [2.05, 4.69) is 0 Å². The number of ether oxygens (including phenoxy) is 2. The number of carbonyl (C=O) groups is 1. The van der Waals surface area contributed by atoms with Crippen molar-refractivity contribution in [2.75, 3.05) is 7.11 Å². The number of hydrogen-bond acceptors (Lipinski definition) is 3. The van der Waals surface area contributed by atoms with Gasteiger partial charge in [-0.3, -0.25) is 4.79 Å². The molecule has 2 fully saturated rings. The van der Waals surface area contributed by atoms with Crippen LogP contribution in [-0.4, -0.2) is 29.6 Å². The fourth-order valence-corrected chi connectivity index (χ4v) is 2.65. The van der Waals surface area contributed by atoms with Crippen molar-refractivity contribution in [2.45, 2.75) is 48.6 Å². The van der Waals surface area contributed by atoms with Crippen LogP contribution >= 0.6 is 23.2 Å². The molecule has 0 aromatic heterocycles. The average molecular weight is 267 g/mol. The van der Waals surface area contributed by atoms with Crippen molar-refractivity contribution in [1.82, 2.24) is 0 Å². The number of alkyl halides is 2. The number of carbonyl (C=O) groups excluding carboxylic acids is 1. The third kappa shape index (κ3) is 2.63. The summed E-state index contributed by atoms with van der Waals surface area (Å²) in [5.74, 6) is -0.630. The van der Waals surface area contributed by atoms with Gasteiger partial charge in [0.1, 0.15) is 10.4 Å². The van der Waals surface area contributed by atoms with Gasteiger partial charge in [0, 0.05) is 7.11 Å². The summed E-state index contributed by atoms with van der Waals surface area (Å²) in [5.41, 5.74) is 0. The molecule has 3 nitrogen and oxygen atoms in total. The van der Waals surface area contributed by atoms with E-state index in [1.165, 1.54) is 0 Å². The van der Waals surface area contributed by atoms with Gasteiger partial charge in [-0.05, 0) is 25.7 Å². The van der Waals surface area contributed by atoms with Crippen LogP contribution in [0.25, 0.3) is 0 Å². The number of halogens is 2. The van der Waals surface area contributed by atoms with Gasteiger partial charge in [0.25, 0.3) is 0 Å². The maximum Gasteiger partial charge on any atom is 0.312 e. The molecule has 3 atom stereocenters. The molecule has 0 amide bonds. The van der Waals surface area contributed by atoms with Crippen LogP contribution in [0.2, 0.25) is 0 Å². The van der Waals surface area contributed by atoms with Gasteiger partial charge in [-0.1, -0.05) is 6.42 Å². The molecule has 2 rings (SSSR count). The lowest BCUT2D eigenvalue weighted by Crippen LogP contribution is -2.36. The number of hydrogen-bond donors (Lipinski definition) is 0. The van der Waals surface area contributed by atoms with Crippen molar-refractivity contribution in [3.8, 4) is 0 Å². The smallest absolute Gasteiger partial charge is 0.312 e. The molecule has 0 aliphatic heterocycles. The Labute approximate surface area is 105 Å². The largest absolute Gasteiger partial charge is 0.459 e. The number of methoxy groups -OCH3 is 1. The van der Waals surface area contributed by atoms with E-state index in [4.69, 9.17) is 32.7 Å². The summed E-state index contributed by atoms with van der Waals surface area (Å²) in [6.45, 7) is 0. The Morgan fingerprint density at radius 1 is 1.25 bits per heavy atom. The molecule has 2 aliphatic carbocycles. The van der Waals surface area contributed by atoms with Crippen molar-refractivity contribution in [3.63, 3.8) is 0 Å².